The molecule has 114 valence electrons. The van der Waals surface area contributed by atoms with Crippen molar-refractivity contribution in [3.05, 3.63) is 64.9 Å². The van der Waals surface area contributed by atoms with Crippen molar-refractivity contribution in [2.75, 3.05) is 0 Å². The van der Waals surface area contributed by atoms with Crippen LogP contribution >= 0.6 is 11.3 Å². The third-order valence-corrected chi connectivity index (χ3v) is 4.56. The van der Waals surface area contributed by atoms with E-state index >= 15 is 0 Å². The molecule has 0 unspecified atom stereocenters. The van der Waals surface area contributed by atoms with Gasteiger partial charge in [-0.3, -0.25) is 0 Å². The molecule has 0 aliphatic carbocycles. The van der Waals surface area contributed by atoms with Crippen LogP contribution in [0.2, 0.25) is 0 Å². The Labute approximate surface area is 135 Å². The normalized spacial score (nSPS) is 13.2. The van der Waals surface area contributed by atoms with Gasteiger partial charge in [0, 0.05) is 22.2 Å². The second-order valence-electron chi connectivity index (χ2n) is 6.29. The standard InChI is InChI=1S/C19H21NOS/c1-19(2,20)13-17(18-11-6-12-22-18)21-16-10-5-8-14-7-3-4-9-15(14)16/h3-12,17H,13,20H2,1-2H3/t17-/m0/s1. The molecule has 0 aliphatic rings. The second-order valence-corrected chi connectivity index (χ2v) is 7.27. The number of fused-ring (bicyclic) bond motifs is 1. The minimum absolute atomic E-state index is 0.0224. The second kappa shape index (κ2) is 6.11. The van der Waals surface area contributed by atoms with Crippen LogP contribution in [0.3, 0.4) is 0 Å². The molecule has 0 spiro atoms. The third kappa shape index (κ3) is 3.49. The van der Waals surface area contributed by atoms with E-state index in [1.54, 1.807) is 11.3 Å². The number of ether oxygens (including phenoxy) is 1. The molecule has 0 amide bonds. The number of thiophene rings is 1. The highest BCUT2D eigenvalue weighted by atomic mass is 32.1. The largest absolute Gasteiger partial charge is 0.484 e. The monoisotopic (exact) mass is 311 g/mol. The summed E-state index contributed by atoms with van der Waals surface area (Å²) in [6, 6.07) is 18.7. The van der Waals surface area contributed by atoms with Crippen LogP contribution in [0, 0.1) is 0 Å². The summed E-state index contributed by atoms with van der Waals surface area (Å²) in [6.45, 7) is 4.08. The molecular formula is C19H21NOS. The van der Waals surface area contributed by atoms with Crippen molar-refractivity contribution in [3.63, 3.8) is 0 Å². The highest BCUT2D eigenvalue weighted by Crippen LogP contribution is 2.34. The Morgan fingerprint density at radius 1 is 1.05 bits per heavy atom. The molecule has 0 fully saturated rings. The fourth-order valence-corrected chi connectivity index (χ4v) is 3.36. The van der Waals surface area contributed by atoms with E-state index < -0.39 is 0 Å². The van der Waals surface area contributed by atoms with Crippen LogP contribution in [0.15, 0.2) is 60.0 Å². The molecule has 1 aromatic heterocycles. The quantitative estimate of drug-likeness (QED) is 0.707. The lowest BCUT2D eigenvalue weighted by Gasteiger charge is -2.26. The van der Waals surface area contributed by atoms with Crippen molar-refractivity contribution < 1.29 is 4.74 Å². The van der Waals surface area contributed by atoms with Gasteiger partial charge >= 0.3 is 0 Å². The Morgan fingerprint density at radius 2 is 1.82 bits per heavy atom. The molecule has 0 radical (unpaired) electrons. The number of nitrogens with two attached hydrogens (primary N) is 1. The average Bonchev–Trinajstić information content (AvgIpc) is 3.00. The number of rotatable bonds is 5. The van der Waals surface area contributed by atoms with Gasteiger partial charge in [-0.15, -0.1) is 11.3 Å². The van der Waals surface area contributed by atoms with Crippen molar-refractivity contribution in [1.82, 2.24) is 0 Å². The lowest BCUT2D eigenvalue weighted by atomic mass is 9.97. The van der Waals surface area contributed by atoms with E-state index in [0.717, 1.165) is 17.6 Å². The summed E-state index contributed by atoms with van der Waals surface area (Å²) in [5, 5.41) is 4.41. The minimum atomic E-state index is -0.279. The first kappa shape index (κ1) is 15.1. The van der Waals surface area contributed by atoms with Gasteiger partial charge < -0.3 is 10.5 Å². The van der Waals surface area contributed by atoms with Gasteiger partial charge in [-0.25, -0.2) is 0 Å². The molecule has 3 rings (SSSR count). The molecule has 0 saturated carbocycles. The fourth-order valence-electron chi connectivity index (χ4n) is 2.60. The summed E-state index contributed by atoms with van der Waals surface area (Å²) in [5.74, 6) is 0.917. The average molecular weight is 311 g/mol. The zero-order chi connectivity index (χ0) is 15.6. The summed E-state index contributed by atoms with van der Waals surface area (Å²) in [6.07, 6.45) is 0.752. The van der Waals surface area contributed by atoms with E-state index in [1.807, 2.05) is 38.1 Å². The lowest BCUT2D eigenvalue weighted by molar-refractivity contribution is 0.173. The predicted molar refractivity (Wildman–Crippen MR) is 94.5 cm³/mol. The SMILES string of the molecule is CC(C)(N)C[C@H](Oc1cccc2ccccc12)c1cccs1. The maximum atomic E-state index is 6.38. The van der Waals surface area contributed by atoms with Crippen LogP contribution < -0.4 is 10.5 Å². The summed E-state index contributed by atoms with van der Waals surface area (Å²) in [7, 11) is 0. The molecule has 2 nitrogen and oxygen atoms in total. The highest BCUT2D eigenvalue weighted by molar-refractivity contribution is 7.10. The molecule has 0 bridgehead atoms. The van der Waals surface area contributed by atoms with E-state index in [-0.39, 0.29) is 11.6 Å². The summed E-state index contributed by atoms with van der Waals surface area (Å²) >= 11 is 1.72. The van der Waals surface area contributed by atoms with E-state index in [0.29, 0.717) is 0 Å². The van der Waals surface area contributed by atoms with Crippen LogP contribution in [0.4, 0.5) is 0 Å². The van der Waals surface area contributed by atoms with E-state index in [4.69, 9.17) is 10.5 Å². The first-order chi connectivity index (χ1) is 10.5. The number of hydrogen-bond donors (Lipinski definition) is 1. The highest BCUT2D eigenvalue weighted by Gasteiger charge is 2.23. The minimum Gasteiger partial charge on any atom is -0.484 e. The molecular weight excluding hydrogens is 290 g/mol. The zero-order valence-corrected chi connectivity index (χ0v) is 13.8. The van der Waals surface area contributed by atoms with Gasteiger partial charge in [-0.05, 0) is 36.7 Å². The van der Waals surface area contributed by atoms with Crippen molar-refractivity contribution in [1.29, 1.82) is 0 Å². The Balaban J connectivity index is 1.95. The Bertz CT molecular complexity index is 738. The van der Waals surface area contributed by atoms with E-state index in [9.17, 15) is 0 Å². The Morgan fingerprint density at radius 3 is 2.55 bits per heavy atom. The van der Waals surface area contributed by atoms with Crippen molar-refractivity contribution in [2.45, 2.75) is 31.9 Å². The van der Waals surface area contributed by atoms with Crippen LogP contribution in [-0.4, -0.2) is 5.54 Å². The van der Waals surface area contributed by atoms with Crippen molar-refractivity contribution >= 4 is 22.1 Å². The fraction of sp³-hybridized carbons (Fsp3) is 0.263. The van der Waals surface area contributed by atoms with E-state index in [2.05, 4.69) is 35.7 Å². The van der Waals surface area contributed by atoms with Crippen LogP contribution in [0.25, 0.3) is 10.8 Å². The molecule has 2 N–H and O–H groups in total. The van der Waals surface area contributed by atoms with Crippen molar-refractivity contribution in [2.24, 2.45) is 5.73 Å². The van der Waals surface area contributed by atoms with Gasteiger partial charge in [-0.1, -0.05) is 42.5 Å². The summed E-state index contributed by atoms with van der Waals surface area (Å²) < 4.78 is 6.38. The Kier molecular flexibility index (Phi) is 4.19. The molecule has 0 saturated heterocycles. The lowest BCUT2D eigenvalue weighted by Crippen LogP contribution is -2.35. The van der Waals surface area contributed by atoms with Crippen molar-refractivity contribution in [3.8, 4) is 5.75 Å². The summed E-state index contributed by atoms with van der Waals surface area (Å²) in [5.41, 5.74) is 5.95. The topological polar surface area (TPSA) is 35.2 Å². The molecule has 22 heavy (non-hydrogen) atoms. The third-order valence-electron chi connectivity index (χ3n) is 3.59. The van der Waals surface area contributed by atoms with Crippen LogP contribution in [0.5, 0.6) is 5.75 Å². The maximum absolute atomic E-state index is 6.38. The smallest absolute Gasteiger partial charge is 0.135 e. The maximum Gasteiger partial charge on any atom is 0.135 e. The molecule has 0 aliphatic heterocycles. The van der Waals surface area contributed by atoms with E-state index in [1.165, 1.54) is 10.3 Å². The molecule has 3 aromatic rings. The van der Waals surface area contributed by atoms with Gasteiger partial charge in [0.2, 0.25) is 0 Å². The van der Waals surface area contributed by atoms with Gasteiger partial charge in [-0.2, -0.15) is 0 Å². The van der Waals surface area contributed by atoms with Gasteiger partial charge in [0.1, 0.15) is 11.9 Å². The zero-order valence-electron chi connectivity index (χ0n) is 13.0. The van der Waals surface area contributed by atoms with Crippen LogP contribution in [0.1, 0.15) is 31.2 Å². The summed E-state index contributed by atoms with van der Waals surface area (Å²) in [4.78, 5) is 1.21. The Hall–Kier alpha value is -1.84. The predicted octanol–water partition coefficient (Wildman–Crippen LogP) is 5.15. The molecule has 3 heteroatoms. The molecule has 1 heterocycles. The van der Waals surface area contributed by atoms with Crippen LogP contribution in [-0.2, 0) is 0 Å². The molecule has 1 atom stereocenters. The number of benzene rings is 2. The number of hydrogen-bond acceptors (Lipinski definition) is 3. The van der Waals surface area contributed by atoms with Gasteiger partial charge in [0.25, 0.3) is 0 Å². The first-order valence-corrected chi connectivity index (χ1v) is 8.38. The molecule has 2 aromatic carbocycles. The van der Waals surface area contributed by atoms with Gasteiger partial charge in [0.15, 0.2) is 0 Å². The first-order valence-electron chi connectivity index (χ1n) is 7.50. The van der Waals surface area contributed by atoms with Gasteiger partial charge in [0.05, 0.1) is 0 Å².